The van der Waals surface area contributed by atoms with E-state index in [9.17, 15) is 4.79 Å². The van der Waals surface area contributed by atoms with Crippen LogP contribution in [0.25, 0.3) is 0 Å². The van der Waals surface area contributed by atoms with Crippen LogP contribution in [0.2, 0.25) is 0 Å². The lowest BCUT2D eigenvalue weighted by Gasteiger charge is -2.39. The van der Waals surface area contributed by atoms with Crippen LogP contribution in [0.3, 0.4) is 0 Å². The van der Waals surface area contributed by atoms with Gasteiger partial charge in [0.25, 0.3) is 0 Å². The summed E-state index contributed by atoms with van der Waals surface area (Å²) in [6.07, 6.45) is 2.69. The molecule has 5 heteroatoms. The van der Waals surface area contributed by atoms with E-state index in [1.54, 1.807) is 21.3 Å². The molecule has 0 unspecified atom stereocenters. The normalized spacial score (nSPS) is 16.7. The lowest BCUT2D eigenvalue weighted by molar-refractivity contribution is -0.137. The molecule has 1 aliphatic rings. The first kappa shape index (κ1) is 21.0. The Bertz CT molecular complexity index is 847. The quantitative estimate of drug-likeness (QED) is 0.684. The molecule has 29 heavy (non-hydrogen) atoms. The minimum Gasteiger partial charge on any atom is -0.497 e. The minimum atomic E-state index is -0.156. The van der Waals surface area contributed by atoms with Crippen LogP contribution in [-0.2, 0) is 11.2 Å². The molecule has 0 bridgehead atoms. The van der Waals surface area contributed by atoms with Gasteiger partial charge in [0, 0.05) is 12.5 Å². The summed E-state index contributed by atoms with van der Waals surface area (Å²) < 4.78 is 16.4. The van der Waals surface area contributed by atoms with Gasteiger partial charge in [-0.1, -0.05) is 32.4 Å². The molecule has 0 aromatic heterocycles. The van der Waals surface area contributed by atoms with Crippen molar-refractivity contribution in [2.24, 2.45) is 5.92 Å². The monoisotopic (exact) mass is 397 g/mol. The third-order valence-corrected chi connectivity index (χ3v) is 5.73. The average molecular weight is 398 g/mol. The van der Waals surface area contributed by atoms with Gasteiger partial charge in [-0.25, -0.2) is 0 Å². The Morgan fingerprint density at radius 1 is 1.07 bits per heavy atom. The van der Waals surface area contributed by atoms with Crippen molar-refractivity contribution in [3.05, 3.63) is 53.1 Å². The third-order valence-electron chi connectivity index (χ3n) is 5.73. The molecule has 5 nitrogen and oxygen atoms in total. The van der Waals surface area contributed by atoms with Gasteiger partial charge in [-0.3, -0.25) is 4.79 Å². The Balaban J connectivity index is 2.10. The molecule has 2 aromatic carbocycles. The van der Waals surface area contributed by atoms with Gasteiger partial charge >= 0.3 is 0 Å². The predicted molar refractivity (Wildman–Crippen MR) is 114 cm³/mol. The molecule has 0 N–H and O–H groups in total. The molecular formula is C24H31NO4. The van der Waals surface area contributed by atoms with E-state index in [0.29, 0.717) is 12.3 Å². The van der Waals surface area contributed by atoms with Crippen molar-refractivity contribution >= 4 is 5.91 Å². The van der Waals surface area contributed by atoms with Crippen molar-refractivity contribution in [1.29, 1.82) is 0 Å². The van der Waals surface area contributed by atoms with Crippen molar-refractivity contribution in [2.75, 3.05) is 27.9 Å². The fourth-order valence-corrected chi connectivity index (χ4v) is 4.17. The summed E-state index contributed by atoms with van der Waals surface area (Å²) in [5.74, 6) is 2.41. The van der Waals surface area contributed by atoms with Gasteiger partial charge in [0.05, 0.1) is 27.4 Å². The molecule has 2 aromatic rings. The highest BCUT2D eigenvalue weighted by atomic mass is 16.5. The van der Waals surface area contributed by atoms with Gasteiger partial charge in [0.15, 0.2) is 11.5 Å². The number of methoxy groups -OCH3 is 3. The lowest BCUT2D eigenvalue weighted by atomic mass is 9.86. The van der Waals surface area contributed by atoms with E-state index in [-0.39, 0.29) is 17.9 Å². The maximum Gasteiger partial charge on any atom is 0.226 e. The highest BCUT2D eigenvalue weighted by molar-refractivity contribution is 5.80. The number of hydrogen-bond acceptors (Lipinski definition) is 4. The molecule has 156 valence electrons. The largest absolute Gasteiger partial charge is 0.497 e. The second kappa shape index (κ2) is 9.21. The number of carbonyl (C=O) groups is 1. The van der Waals surface area contributed by atoms with Crippen LogP contribution in [0.4, 0.5) is 0 Å². The zero-order chi connectivity index (χ0) is 21.0. The molecule has 1 heterocycles. The number of nitrogens with zero attached hydrogens (tertiary/aromatic N) is 1. The summed E-state index contributed by atoms with van der Waals surface area (Å²) >= 11 is 0. The molecular weight excluding hydrogens is 366 g/mol. The van der Waals surface area contributed by atoms with Gasteiger partial charge < -0.3 is 19.1 Å². The second-order valence-corrected chi connectivity index (χ2v) is 7.55. The lowest BCUT2D eigenvalue weighted by Crippen LogP contribution is -2.43. The standard InChI is InChI=1S/C24H31NO4/c1-6-7-16(2)24(26)25-13-12-18-14-21(28-4)22(29-5)15-20(18)23(25)17-8-10-19(27-3)11-9-17/h8-11,14-16,23H,6-7,12-13H2,1-5H3/t16-,23+/m0/s1. The molecule has 2 atom stereocenters. The first-order chi connectivity index (χ1) is 14.0. The van der Waals surface area contributed by atoms with Gasteiger partial charge in [-0.15, -0.1) is 0 Å². The van der Waals surface area contributed by atoms with Gasteiger partial charge in [0.1, 0.15) is 5.75 Å². The molecule has 1 aliphatic heterocycles. The second-order valence-electron chi connectivity index (χ2n) is 7.55. The number of benzene rings is 2. The topological polar surface area (TPSA) is 48.0 Å². The number of fused-ring (bicyclic) bond motifs is 1. The fourth-order valence-electron chi connectivity index (χ4n) is 4.17. The smallest absolute Gasteiger partial charge is 0.226 e. The fraction of sp³-hybridized carbons (Fsp3) is 0.458. The van der Waals surface area contributed by atoms with Crippen molar-refractivity contribution in [3.63, 3.8) is 0 Å². The summed E-state index contributed by atoms with van der Waals surface area (Å²) in [5, 5.41) is 0. The van der Waals surface area contributed by atoms with Gasteiger partial charge in [0.2, 0.25) is 5.91 Å². The van der Waals surface area contributed by atoms with E-state index in [0.717, 1.165) is 41.9 Å². The Labute approximate surface area is 173 Å². The van der Waals surface area contributed by atoms with Gasteiger partial charge in [-0.2, -0.15) is 0 Å². The first-order valence-electron chi connectivity index (χ1n) is 10.2. The summed E-state index contributed by atoms with van der Waals surface area (Å²) in [4.78, 5) is 15.4. The van der Waals surface area contributed by atoms with E-state index >= 15 is 0 Å². The molecule has 0 aliphatic carbocycles. The average Bonchev–Trinajstić information content (AvgIpc) is 2.76. The van der Waals surface area contributed by atoms with E-state index in [1.807, 2.05) is 48.2 Å². The van der Waals surface area contributed by atoms with E-state index in [2.05, 4.69) is 6.92 Å². The van der Waals surface area contributed by atoms with E-state index in [1.165, 1.54) is 5.56 Å². The Morgan fingerprint density at radius 3 is 2.31 bits per heavy atom. The van der Waals surface area contributed by atoms with Crippen LogP contribution in [0.15, 0.2) is 36.4 Å². The number of amides is 1. The van der Waals surface area contributed by atoms with Crippen molar-refractivity contribution in [1.82, 2.24) is 4.90 Å². The maximum absolute atomic E-state index is 13.3. The van der Waals surface area contributed by atoms with Gasteiger partial charge in [-0.05, 0) is 53.8 Å². The highest BCUT2D eigenvalue weighted by Gasteiger charge is 2.34. The number of rotatable bonds is 7. The Hall–Kier alpha value is -2.69. The van der Waals surface area contributed by atoms with E-state index in [4.69, 9.17) is 14.2 Å². The zero-order valence-corrected chi connectivity index (χ0v) is 18.0. The minimum absolute atomic E-state index is 0.00226. The molecule has 3 rings (SSSR count). The van der Waals surface area contributed by atoms with Crippen LogP contribution < -0.4 is 14.2 Å². The van der Waals surface area contributed by atoms with Crippen molar-refractivity contribution in [3.8, 4) is 17.2 Å². The number of carbonyl (C=O) groups excluding carboxylic acids is 1. The molecule has 0 radical (unpaired) electrons. The molecule has 0 saturated heterocycles. The number of hydrogen-bond donors (Lipinski definition) is 0. The Morgan fingerprint density at radius 2 is 1.72 bits per heavy atom. The van der Waals surface area contributed by atoms with Crippen LogP contribution in [0, 0.1) is 5.92 Å². The van der Waals surface area contributed by atoms with E-state index < -0.39 is 0 Å². The predicted octanol–water partition coefficient (Wildman–Crippen LogP) is 4.62. The third kappa shape index (κ3) is 4.19. The van der Waals surface area contributed by atoms with Crippen LogP contribution in [0.5, 0.6) is 17.2 Å². The zero-order valence-electron chi connectivity index (χ0n) is 18.0. The Kier molecular flexibility index (Phi) is 6.68. The summed E-state index contributed by atoms with van der Waals surface area (Å²) in [6.45, 7) is 4.83. The molecule has 0 spiro atoms. The summed E-state index contributed by atoms with van der Waals surface area (Å²) in [5.41, 5.74) is 3.35. The number of ether oxygens (including phenoxy) is 3. The van der Waals surface area contributed by atoms with Crippen molar-refractivity contribution in [2.45, 2.75) is 39.2 Å². The SMILES string of the molecule is CCC[C@H](C)C(=O)N1CCc2cc(OC)c(OC)cc2[C@H]1c1ccc(OC)cc1. The van der Waals surface area contributed by atoms with Crippen molar-refractivity contribution < 1.29 is 19.0 Å². The molecule has 1 amide bonds. The summed E-state index contributed by atoms with van der Waals surface area (Å²) in [7, 11) is 4.95. The van der Waals surface area contributed by atoms with Crippen LogP contribution in [-0.4, -0.2) is 38.7 Å². The summed E-state index contributed by atoms with van der Waals surface area (Å²) in [6, 6.07) is 11.9. The van der Waals surface area contributed by atoms with Crippen LogP contribution in [0.1, 0.15) is 49.4 Å². The van der Waals surface area contributed by atoms with Crippen LogP contribution >= 0.6 is 0 Å². The molecule has 0 fully saturated rings. The molecule has 0 saturated carbocycles. The highest BCUT2D eigenvalue weighted by Crippen LogP contribution is 2.42. The maximum atomic E-state index is 13.3. The first-order valence-corrected chi connectivity index (χ1v) is 10.2.